The number of carbonyl (C=O) groups excluding carboxylic acids is 3. The molecule has 1 aromatic heterocycles. The van der Waals surface area contributed by atoms with Crippen LogP contribution in [0.5, 0.6) is 0 Å². The van der Waals surface area contributed by atoms with Crippen molar-refractivity contribution in [2.75, 3.05) is 18.5 Å². The van der Waals surface area contributed by atoms with E-state index in [0.717, 1.165) is 12.8 Å². The topological polar surface area (TPSA) is 88.8 Å². The maximum absolute atomic E-state index is 13.0. The standard InChI is InChI=1S/C19H20N2O5/c1-3-4-11-20-17(23)19(26-16(22)15-10-7-12-25-15)13-8-5-6-9-14(13)21(2)18(19)24/h5-10,12H,3-4,11H2,1-2H3,(H,20,23). The number of fused-ring (bicyclic) bond motifs is 1. The van der Waals surface area contributed by atoms with Crippen molar-refractivity contribution < 1.29 is 23.5 Å². The molecule has 1 N–H and O–H groups in total. The predicted octanol–water partition coefficient (Wildman–Crippen LogP) is 2.22. The number of nitrogens with one attached hydrogen (secondary N) is 1. The number of hydrogen-bond donors (Lipinski definition) is 1. The number of benzene rings is 1. The third-order valence-corrected chi connectivity index (χ3v) is 4.35. The molecule has 7 heteroatoms. The molecule has 2 aromatic rings. The molecule has 3 rings (SSSR count). The molecule has 1 aliphatic rings. The predicted molar refractivity (Wildman–Crippen MR) is 93.6 cm³/mol. The van der Waals surface area contributed by atoms with E-state index in [4.69, 9.17) is 9.15 Å². The van der Waals surface area contributed by atoms with Crippen LogP contribution in [0.25, 0.3) is 0 Å². The first-order valence-electron chi connectivity index (χ1n) is 8.45. The lowest BCUT2D eigenvalue weighted by atomic mass is 9.93. The Morgan fingerprint density at radius 2 is 2.00 bits per heavy atom. The first-order valence-corrected chi connectivity index (χ1v) is 8.45. The van der Waals surface area contributed by atoms with Crippen molar-refractivity contribution in [1.29, 1.82) is 0 Å². The van der Waals surface area contributed by atoms with Gasteiger partial charge in [0.05, 0.1) is 12.0 Å². The zero-order valence-electron chi connectivity index (χ0n) is 14.7. The fourth-order valence-corrected chi connectivity index (χ4v) is 2.98. The zero-order chi connectivity index (χ0) is 18.7. The van der Waals surface area contributed by atoms with Crippen LogP contribution in [0.3, 0.4) is 0 Å². The number of hydrogen-bond acceptors (Lipinski definition) is 5. The minimum Gasteiger partial charge on any atom is -0.457 e. The number of rotatable bonds is 6. The van der Waals surface area contributed by atoms with E-state index in [-0.39, 0.29) is 5.76 Å². The molecule has 0 spiro atoms. The lowest BCUT2D eigenvalue weighted by molar-refractivity contribution is -0.153. The summed E-state index contributed by atoms with van der Waals surface area (Å²) in [4.78, 5) is 39.8. The van der Waals surface area contributed by atoms with Crippen LogP contribution in [0.15, 0.2) is 47.1 Å². The van der Waals surface area contributed by atoms with E-state index < -0.39 is 23.4 Å². The van der Waals surface area contributed by atoms with Crippen molar-refractivity contribution in [2.24, 2.45) is 0 Å². The molecule has 0 bridgehead atoms. The van der Waals surface area contributed by atoms with Crippen molar-refractivity contribution in [3.8, 4) is 0 Å². The van der Waals surface area contributed by atoms with Crippen molar-refractivity contribution >= 4 is 23.5 Å². The summed E-state index contributed by atoms with van der Waals surface area (Å²) in [6, 6.07) is 9.71. The summed E-state index contributed by atoms with van der Waals surface area (Å²) >= 11 is 0. The lowest BCUT2D eigenvalue weighted by Gasteiger charge is -2.26. The molecule has 7 nitrogen and oxygen atoms in total. The fraction of sp³-hybridized carbons (Fsp3) is 0.316. The summed E-state index contributed by atoms with van der Waals surface area (Å²) in [7, 11) is 1.54. The van der Waals surface area contributed by atoms with Crippen LogP contribution in [-0.4, -0.2) is 31.4 Å². The van der Waals surface area contributed by atoms with Crippen molar-refractivity contribution in [1.82, 2.24) is 5.32 Å². The van der Waals surface area contributed by atoms with Gasteiger partial charge in [0.2, 0.25) is 5.76 Å². The number of para-hydroxylation sites is 1. The summed E-state index contributed by atoms with van der Waals surface area (Å²) in [5.74, 6) is -2.23. The van der Waals surface area contributed by atoms with Gasteiger partial charge in [-0.2, -0.15) is 0 Å². The highest BCUT2D eigenvalue weighted by atomic mass is 16.6. The van der Waals surface area contributed by atoms with E-state index in [0.29, 0.717) is 17.8 Å². The van der Waals surface area contributed by atoms with E-state index in [1.807, 2.05) is 6.92 Å². The number of anilines is 1. The average molecular weight is 356 g/mol. The van der Waals surface area contributed by atoms with Gasteiger partial charge in [-0.3, -0.25) is 9.59 Å². The maximum atomic E-state index is 13.0. The second-order valence-electron chi connectivity index (χ2n) is 6.04. The second kappa shape index (κ2) is 7.03. The Balaban J connectivity index is 2.04. The quantitative estimate of drug-likeness (QED) is 0.487. The zero-order valence-corrected chi connectivity index (χ0v) is 14.7. The Kier molecular flexibility index (Phi) is 4.79. The van der Waals surface area contributed by atoms with Gasteiger partial charge < -0.3 is 19.4 Å². The SMILES string of the molecule is CCCCNC(=O)C1(OC(=O)c2ccco2)C(=O)N(C)c2ccccc21. The van der Waals surface area contributed by atoms with Crippen LogP contribution in [-0.2, 0) is 19.9 Å². The molecule has 0 saturated heterocycles. The van der Waals surface area contributed by atoms with Gasteiger partial charge in [-0.15, -0.1) is 0 Å². The number of amides is 2. The monoisotopic (exact) mass is 356 g/mol. The third kappa shape index (κ3) is 2.75. The highest BCUT2D eigenvalue weighted by Gasteiger charge is 2.59. The maximum Gasteiger partial charge on any atom is 0.376 e. The largest absolute Gasteiger partial charge is 0.457 e. The van der Waals surface area contributed by atoms with E-state index in [1.54, 1.807) is 31.3 Å². The molecule has 1 unspecified atom stereocenters. The summed E-state index contributed by atoms with van der Waals surface area (Å²) in [5.41, 5.74) is -1.21. The Labute approximate surface area is 150 Å². The van der Waals surface area contributed by atoms with Gasteiger partial charge in [0.1, 0.15) is 0 Å². The van der Waals surface area contributed by atoms with Gasteiger partial charge >= 0.3 is 5.97 Å². The van der Waals surface area contributed by atoms with Gasteiger partial charge in [-0.25, -0.2) is 4.79 Å². The highest BCUT2D eigenvalue weighted by molar-refractivity contribution is 6.21. The van der Waals surface area contributed by atoms with Crippen molar-refractivity contribution in [2.45, 2.75) is 25.4 Å². The second-order valence-corrected chi connectivity index (χ2v) is 6.04. The van der Waals surface area contributed by atoms with Gasteiger partial charge in [0, 0.05) is 19.2 Å². The summed E-state index contributed by atoms with van der Waals surface area (Å²) in [5, 5.41) is 2.71. The number of nitrogens with zero attached hydrogens (tertiary/aromatic N) is 1. The van der Waals surface area contributed by atoms with Crippen LogP contribution in [0.4, 0.5) is 5.69 Å². The Morgan fingerprint density at radius 1 is 1.23 bits per heavy atom. The summed E-state index contributed by atoms with van der Waals surface area (Å²) < 4.78 is 10.6. The van der Waals surface area contributed by atoms with Gasteiger partial charge in [-0.1, -0.05) is 31.5 Å². The van der Waals surface area contributed by atoms with E-state index in [9.17, 15) is 14.4 Å². The number of furan rings is 1. The van der Waals surface area contributed by atoms with Gasteiger partial charge in [0.25, 0.3) is 17.4 Å². The van der Waals surface area contributed by atoms with Crippen LogP contribution in [0.2, 0.25) is 0 Å². The van der Waals surface area contributed by atoms with Gasteiger partial charge in [-0.05, 0) is 24.6 Å². The molecule has 136 valence electrons. The number of unbranched alkanes of at least 4 members (excludes halogenated alkanes) is 1. The highest BCUT2D eigenvalue weighted by Crippen LogP contribution is 2.42. The van der Waals surface area contributed by atoms with Crippen LogP contribution < -0.4 is 10.2 Å². The molecule has 0 fully saturated rings. The Morgan fingerprint density at radius 3 is 2.69 bits per heavy atom. The smallest absolute Gasteiger partial charge is 0.376 e. The molecule has 0 radical (unpaired) electrons. The van der Waals surface area contributed by atoms with Crippen molar-refractivity contribution in [3.63, 3.8) is 0 Å². The van der Waals surface area contributed by atoms with Gasteiger partial charge in [0.15, 0.2) is 0 Å². The molecule has 1 aliphatic heterocycles. The molecule has 1 atom stereocenters. The first-order chi connectivity index (χ1) is 12.5. The number of ether oxygens (including phenoxy) is 1. The Hall–Kier alpha value is -3.09. The molecular weight excluding hydrogens is 336 g/mol. The molecule has 0 aliphatic carbocycles. The third-order valence-electron chi connectivity index (χ3n) is 4.35. The van der Waals surface area contributed by atoms with Crippen LogP contribution >= 0.6 is 0 Å². The van der Waals surface area contributed by atoms with E-state index >= 15 is 0 Å². The number of carbonyl (C=O) groups is 3. The fourth-order valence-electron chi connectivity index (χ4n) is 2.98. The molecular formula is C19H20N2O5. The van der Waals surface area contributed by atoms with Crippen LogP contribution in [0, 0.1) is 0 Å². The minimum atomic E-state index is -2.07. The molecule has 2 heterocycles. The van der Waals surface area contributed by atoms with E-state index in [2.05, 4.69) is 5.32 Å². The normalized spacial score (nSPS) is 18.5. The van der Waals surface area contributed by atoms with Crippen LogP contribution in [0.1, 0.15) is 35.9 Å². The summed E-state index contributed by atoms with van der Waals surface area (Å²) in [6.07, 6.45) is 2.95. The first kappa shape index (κ1) is 17.7. The average Bonchev–Trinajstić information content (AvgIpc) is 3.25. The molecule has 2 amide bonds. The molecule has 1 aromatic carbocycles. The van der Waals surface area contributed by atoms with E-state index in [1.165, 1.54) is 23.3 Å². The number of likely N-dealkylation sites (N-methyl/N-ethyl adjacent to an activating group) is 1. The summed E-state index contributed by atoms with van der Waals surface area (Å²) in [6.45, 7) is 2.37. The number of esters is 1. The molecule has 0 saturated carbocycles. The lowest BCUT2D eigenvalue weighted by Crippen LogP contribution is -2.53. The minimum absolute atomic E-state index is 0.0782. The van der Waals surface area contributed by atoms with Crippen molar-refractivity contribution in [3.05, 3.63) is 54.0 Å². The Bertz CT molecular complexity index is 830. The molecule has 26 heavy (non-hydrogen) atoms.